The molecule has 0 aliphatic heterocycles. The van der Waals surface area contributed by atoms with Crippen molar-refractivity contribution in [1.82, 2.24) is 4.98 Å². The molecule has 0 unspecified atom stereocenters. The number of benzene rings is 2. The fraction of sp³-hybridized carbons (Fsp3) is 0.105. The lowest BCUT2D eigenvalue weighted by Crippen LogP contribution is -2.22. The molecule has 23 heavy (non-hydrogen) atoms. The molecule has 0 aliphatic carbocycles. The summed E-state index contributed by atoms with van der Waals surface area (Å²) in [4.78, 5) is 4.58. The third-order valence-electron chi connectivity index (χ3n) is 3.54. The Kier molecular flexibility index (Phi) is 4.89. The first-order valence-electron chi connectivity index (χ1n) is 7.31. The Balaban J connectivity index is 2.05. The van der Waals surface area contributed by atoms with Crippen molar-refractivity contribution in [3.8, 4) is 11.5 Å². The van der Waals surface area contributed by atoms with E-state index in [0.717, 1.165) is 16.9 Å². The van der Waals surface area contributed by atoms with Crippen LogP contribution in [0.15, 0.2) is 72.9 Å². The van der Waals surface area contributed by atoms with E-state index in [1.807, 2.05) is 42.6 Å². The van der Waals surface area contributed by atoms with E-state index in [2.05, 4.69) is 35.3 Å². The maximum Gasteiger partial charge on any atom is 0.118 e. The van der Waals surface area contributed by atoms with Crippen LogP contribution in [-0.4, -0.2) is 19.2 Å². The third-order valence-corrected chi connectivity index (χ3v) is 5.89. The minimum absolute atomic E-state index is 0.703. The number of pyridine rings is 1. The van der Waals surface area contributed by atoms with Gasteiger partial charge in [0, 0.05) is 14.1 Å². The van der Waals surface area contributed by atoms with E-state index in [9.17, 15) is 0 Å². The molecule has 1 heterocycles. The molecule has 0 spiro atoms. The predicted octanol–water partition coefficient (Wildman–Crippen LogP) is 2.86. The van der Waals surface area contributed by atoms with Crippen molar-refractivity contribution in [3.05, 3.63) is 72.9 Å². The Labute approximate surface area is 137 Å². The van der Waals surface area contributed by atoms with Crippen molar-refractivity contribution in [2.75, 3.05) is 14.2 Å². The highest BCUT2D eigenvalue weighted by atomic mass is 31.1. The van der Waals surface area contributed by atoms with Gasteiger partial charge in [-0.1, -0.05) is 30.3 Å². The number of ether oxygens (including phenoxy) is 2. The van der Waals surface area contributed by atoms with Gasteiger partial charge in [-0.05, 0) is 47.0 Å². The van der Waals surface area contributed by atoms with Crippen LogP contribution in [-0.2, 0) is 0 Å². The molecule has 3 rings (SSSR count). The lowest BCUT2D eigenvalue weighted by Gasteiger charge is -2.18. The molecule has 2 aromatic carbocycles. The summed E-state index contributed by atoms with van der Waals surface area (Å²) < 4.78 is 10.5. The Hall–Kier alpha value is -2.38. The quantitative estimate of drug-likeness (QED) is 0.677. The van der Waals surface area contributed by atoms with Crippen molar-refractivity contribution in [2.45, 2.75) is 0 Å². The Bertz CT molecular complexity index is 695. The van der Waals surface area contributed by atoms with Crippen LogP contribution in [0.2, 0.25) is 0 Å². The van der Waals surface area contributed by atoms with Crippen LogP contribution in [0.25, 0.3) is 0 Å². The number of methoxy groups -OCH3 is 2. The van der Waals surface area contributed by atoms with Gasteiger partial charge in [-0.25, -0.2) is 0 Å². The van der Waals surface area contributed by atoms with Crippen LogP contribution in [0.4, 0.5) is 0 Å². The van der Waals surface area contributed by atoms with Crippen LogP contribution in [0.5, 0.6) is 11.5 Å². The van der Waals surface area contributed by atoms with Crippen LogP contribution in [0, 0.1) is 0 Å². The number of hydrogen-bond donors (Lipinski definition) is 0. The maximum atomic E-state index is 5.27. The van der Waals surface area contributed by atoms with Crippen molar-refractivity contribution in [1.29, 1.82) is 0 Å². The van der Waals surface area contributed by atoms with E-state index in [-0.39, 0.29) is 0 Å². The van der Waals surface area contributed by atoms with Crippen molar-refractivity contribution in [3.63, 3.8) is 0 Å². The van der Waals surface area contributed by atoms with Crippen molar-refractivity contribution >= 4 is 24.0 Å². The lowest BCUT2D eigenvalue weighted by atomic mass is 10.3. The molecule has 0 fully saturated rings. The fourth-order valence-electron chi connectivity index (χ4n) is 2.36. The first kappa shape index (κ1) is 15.5. The molecule has 0 saturated carbocycles. The van der Waals surface area contributed by atoms with E-state index in [1.165, 1.54) is 10.6 Å². The zero-order valence-electron chi connectivity index (χ0n) is 13.1. The summed E-state index contributed by atoms with van der Waals surface area (Å²) in [5.74, 6) is 1.72. The summed E-state index contributed by atoms with van der Waals surface area (Å²) in [6.45, 7) is 0. The molecule has 0 atom stereocenters. The minimum Gasteiger partial charge on any atom is -0.497 e. The van der Waals surface area contributed by atoms with Gasteiger partial charge in [-0.2, -0.15) is 0 Å². The largest absolute Gasteiger partial charge is 0.497 e. The molecule has 3 nitrogen and oxygen atoms in total. The molecular formula is C19H18NO2P. The topological polar surface area (TPSA) is 31.4 Å². The third kappa shape index (κ3) is 3.52. The molecule has 0 saturated heterocycles. The zero-order valence-corrected chi connectivity index (χ0v) is 14.0. The van der Waals surface area contributed by atoms with Gasteiger partial charge in [-0.3, -0.25) is 4.98 Å². The SMILES string of the molecule is COc1ccc(P(c2ccc(OC)cc2)c2ccccn2)cc1. The summed E-state index contributed by atoms with van der Waals surface area (Å²) in [7, 11) is 2.66. The van der Waals surface area contributed by atoms with E-state index in [4.69, 9.17) is 9.47 Å². The molecule has 0 radical (unpaired) electrons. The maximum absolute atomic E-state index is 5.27. The van der Waals surface area contributed by atoms with Crippen LogP contribution in [0.3, 0.4) is 0 Å². The van der Waals surface area contributed by atoms with Gasteiger partial charge in [0.2, 0.25) is 0 Å². The smallest absolute Gasteiger partial charge is 0.118 e. The highest BCUT2D eigenvalue weighted by Crippen LogP contribution is 2.32. The van der Waals surface area contributed by atoms with Crippen LogP contribution in [0.1, 0.15) is 0 Å². The molecule has 0 bridgehead atoms. The molecule has 0 N–H and O–H groups in total. The van der Waals surface area contributed by atoms with Crippen molar-refractivity contribution < 1.29 is 9.47 Å². The average molecular weight is 323 g/mol. The summed E-state index contributed by atoms with van der Waals surface area (Å²) in [5, 5.41) is 2.48. The van der Waals surface area contributed by atoms with Gasteiger partial charge in [0.15, 0.2) is 0 Å². The van der Waals surface area contributed by atoms with Crippen LogP contribution >= 0.6 is 7.92 Å². The fourth-order valence-corrected chi connectivity index (χ4v) is 4.50. The normalized spacial score (nSPS) is 10.6. The Morgan fingerprint density at radius 2 is 1.22 bits per heavy atom. The summed E-state index contributed by atoms with van der Waals surface area (Å²) >= 11 is 0. The minimum atomic E-state index is -0.703. The standard InChI is InChI=1S/C19H18NO2P/c1-21-15-6-10-17(11-7-15)23(19-5-3-4-14-20-19)18-12-8-16(22-2)9-13-18/h3-14H,1-2H3. The van der Waals surface area contributed by atoms with Gasteiger partial charge in [0.25, 0.3) is 0 Å². The predicted molar refractivity (Wildman–Crippen MR) is 96.0 cm³/mol. The average Bonchev–Trinajstić information content (AvgIpc) is 2.64. The monoisotopic (exact) mass is 323 g/mol. The highest BCUT2D eigenvalue weighted by Gasteiger charge is 2.17. The van der Waals surface area contributed by atoms with E-state index in [1.54, 1.807) is 14.2 Å². The molecule has 116 valence electrons. The summed E-state index contributed by atoms with van der Waals surface area (Å²) in [5.41, 5.74) is 1.08. The Morgan fingerprint density at radius 3 is 1.61 bits per heavy atom. The second-order valence-electron chi connectivity index (χ2n) is 4.92. The lowest BCUT2D eigenvalue weighted by molar-refractivity contribution is 0.415. The van der Waals surface area contributed by atoms with Gasteiger partial charge >= 0.3 is 0 Å². The molecule has 0 amide bonds. The molecular weight excluding hydrogens is 305 g/mol. The van der Waals surface area contributed by atoms with Gasteiger partial charge < -0.3 is 9.47 Å². The zero-order chi connectivity index (χ0) is 16.1. The summed E-state index contributed by atoms with van der Waals surface area (Å²) in [6, 6.07) is 22.5. The van der Waals surface area contributed by atoms with E-state index >= 15 is 0 Å². The second-order valence-corrected chi connectivity index (χ2v) is 7.08. The molecule has 3 aromatic rings. The summed E-state index contributed by atoms with van der Waals surface area (Å²) in [6.07, 6.45) is 1.84. The molecule has 0 aliphatic rings. The van der Waals surface area contributed by atoms with Crippen molar-refractivity contribution in [2.24, 2.45) is 0 Å². The molecule has 1 aromatic heterocycles. The number of hydrogen-bond acceptors (Lipinski definition) is 3. The highest BCUT2D eigenvalue weighted by molar-refractivity contribution is 7.79. The first-order valence-corrected chi connectivity index (χ1v) is 8.65. The second kappa shape index (κ2) is 7.26. The van der Waals surface area contributed by atoms with E-state index in [0.29, 0.717) is 0 Å². The van der Waals surface area contributed by atoms with Gasteiger partial charge in [0.05, 0.1) is 19.7 Å². The molecule has 4 heteroatoms. The van der Waals surface area contributed by atoms with Gasteiger partial charge in [0.1, 0.15) is 11.5 Å². The number of rotatable bonds is 5. The Morgan fingerprint density at radius 1 is 0.696 bits per heavy atom. The number of aromatic nitrogens is 1. The number of nitrogens with zero attached hydrogens (tertiary/aromatic N) is 1. The van der Waals surface area contributed by atoms with Crippen LogP contribution < -0.4 is 25.5 Å². The first-order chi connectivity index (χ1) is 11.3. The van der Waals surface area contributed by atoms with Gasteiger partial charge in [-0.15, -0.1) is 0 Å². The van der Waals surface area contributed by atoms with E-state index < -0.39 is 7.92 Å².